The van der Waals surface area contributed by atoms with Gasteiger partial charge in [-0.2, -0.15) is 0 Å². The van der Waals surface area contributed by atoms with Gasteiger partial charge in [0.2, 0.25) is 0 Å². The molecule has 1 aliphatic heterocycles. The van der Waals surface area contributed by atoms with Crippen LogP contribution >= 0.6 is 11.6 Å². The lowest BCUT2D eigenvalue weighted by Crippen LogP contribution is -2.42. The van der Waals surface area contributed by atoms with Crippen LogP contribution in [0.25, 0.3) is 0 Å². The molecule has 2 N–H and O–H groups in total. The summed E-state index contributed by atoms with van der Waals surface area (Å²) < 4.78 is 0. The van der Waals surface area contributed by atoms with Crippen LogP contribution in [0.4, 0.5) is 5.69 Å². The predicted octanol–water partition coefficient (Wildman–Crippen LogP) is 2.94. The number of hydrogen-bond donors (Lipinski definition) is 2. The van der Waals surface area contributed by atoms with E-state index in [9.17, 15) is 5.11 Å². The number of piperidine rings is 1. The van der Waals surface area contributed by atoms with Crippen LogP contribution in [0.15, 0.2) is 18.2 Å². The van der Waals surface area contributed by atoms with E-state index in [0.717, 1.165) is 24.5 Å². The van der Waals surface area contributed by atoms with E-state index in [1.807, 2.05) is 12.1 Å². The highest BCUT2D eigenvalue weighted by Crippen LogP contribution is 2.32. The second-order valence-electron chi connectivity index (χ2n) is 5.92. The molecule has 2 aliphatic rings. The summed E-state index contributed by atoms with van der Waals surface area (Å²) in [6.45, 7) is 2.07. The van der Waals surface area contributed by atoms with Gasteiger partial charge in [-0.05, 0) is 44.2 Å². The van der Waals surface area contributed by atoms with Crippen LogP contribution in [0.1, 0.15) is 37.7 Å². The lowest BCUT2D eigenvalue weighted by molar-refractivity contribution is 0.240. The van der Waals surface area contributed by atoms with Gasteiger partial charge in [0.25, 0.3) is 0 Å². The second kappa shape index (κ2) is 6.33. The maximum Gasteiger partial charge on any atom is 0.0635 e. The van der Waals surface area contributed by atoms with E-state index in [1.165, 1.54) is 36.9 Å². The molecule has 3 nitrogen and oxygen atoms in total. The number of aliphatic hydroxyl groups excluding tert-OH is 1. The van der Waals surface area contributed by atoms with Crippen LogP contribution in [0.3, 0.4) is 0 Å². The van der Waals surface area contributed by atoms with E-state index in [2.05, 4.69) is 16.3 Å². The molecule has 1 saturated heterocycles. The van der Waals surface area contributed by atoms with Crippen molar-refractivity contribution in [2.75, 3.05) is 18.1 Å². The Hall–Kier alpha value is -0.770. The molecule has 1 saturated carbocycles. The van der Waals surface area contributed by atoms with E-state index in [0.29, 0.717) is 6.04 Å². The van der Waals surface area contributed by atoms with Gasteiger partial charge < -0.3 is 15.3 Å². The van der Waals surface area contributed by atoms with Gasteiger partial charge in [-0.25, -0.2) is 0 Å². The average Bonchev–Trinajstić information content (AvgIpc) is 3.30. The predicted molar refractivity (Wildman–Crippen MR) is 83.4 cm³/mol. The average molecular weight is 295 g/mol. The molecule has 0 aromatic heterocycles. The number of benzene rings is 1. The van der Waals surface area contributed by atoms with Crippen molar-refractivity contribution in [3.8, 4) is 0 Å². The molecule has 1 aliphatic carbocycles. The molecule has 20 heavy (non-hydrogen) atoms. The van der Waals surface area contributed by atoms with Crippen molar-refractivity contribution in [1.29, 1.82) is 0 Å². The van der Waals surface area contributed by atoms with Crippen molar-refractivity contribution >= 4 is 17.3 Å². The van der Waals surface area contributed by atoms with Gasteiger partial charge >= 0.3 is 0 Å². The molecular weight excluding hydrogens is 272 g/mol. The molecule has 4 heteroatoms. The number of halogens is 1. The monoisotopic (exact) mass is 294 g/mol. The Bertz CT molecular complexity index is 462. The summed E-state index contributed by atoms with van der Waals surface area (Å²) in [5.74, 6) is 0. The Kier molecular flexibility index (Phi) is 4.49. The quantitative estimate of drug-likeness (QED) is 0.876. The Morgan fingerprint density at radius 1 is 1.25 bits per heavy atom. The highest BCUT2D eigenvalue weighted by atomic mass is 35.5. The van der Waals surface area contributed by atoms with Crippen molar-refractivity contribution < 1.29 is 5.11 Å². The minimum absolute atomic E-state index is 0.224. The Balaban J connectivity index is 1.84. The number of nitrogens with zero attached hydrogens (tertiary/aromatic N) is 1. The van der Waals surface area contributed by atoms with Crippen LogP contribution in [-0.2, 0) is 6.54 Å². The van der Waals surface area contributed by atoms with Gasteiger partial charge in [-0.15, -0.1) is 0 Å². The zero-order chi connectivity index (χ0) is 13.9. The molecule has 1 aromatic rings. The Morgan fingerprint density at radius 3 is 2.85 bits per heavy atom. The minimum Gasteiger partial charge on any atom is -0.394 e. The third-order valence-electron chi connectivity index (χ3n) is 4.39. The van der Waals surface area contributed by atoms with Crippen LogP contribution in [0, 0.1) is 0 Å². The fourth-order valence-electron chi connectivity index (χ4n) is 3.03. The molecule has 1 heterocycles. The topological polar surface area (TPSA) is 35.5 Å². The largest absolute Gasteiger partial charge is 0.394 e. The molecule has 1 atom stereocenters. The van der Waals surface area contributed by atoms with Crippen LogP contribution in [0.2, 0.25) is 5.02 Å². The SMILES string of the molecule is OCC1CCCCN1c1cccc(Cl)c1CNC1CC1. The van der Waals surface area contributed by atoms with Gasteiger partial charge in [0.1, 0.15) is 0 Å². The van der Waals surface area contributed by atoms with Crippen molar-refractivity contribution in [3.05, 3.63) is 28.8 Å². The summed E-state index contributed by atoms with van der Waals surface area (Å²) in [7, 11) is 0. The van der Waals surface area contributed by atoms with Crippen LogP contribution in [0.5, 0.6) is 0 Å². The summed E-state index contributed by atoms with van der Waals surface area (Å²) >= 11 is 6.41. The third kappa shape index (κ3) is 3.11. The molecule has 0 spiro atoms. The van der Waals surface area contributed by atoms with Crippen LogP contribution in [-0.4, -0.2) is 30.3 Å². The van der Waals surface area contributed by atoms with E-state index < -0.39 is 0 Å². The Morgan fingerprint density at radius 2 is 2.10 bits per heavy atom. The molecule has 1 unspecified atom stereocenters. The van der Waals surface area contributed by atoms with Gasteiger partial charge in [0.05, 0.1) is 12.6 Å². The molecule has 0 bridgehead atoms. The molecule has 0 radical (unpaired) electrons. The summed E-state index contributed by atoms with van der Waals surface area (Å²) in [5.41, 5.74) is 2.38. The molecule has 1 aromatic carbocycles. The highest BCUT2D eigenvalue weighted by molar-refractivity contribution is 6.31. The summed E-state index contributed by atoms with van der Waals surface area (Å²) in [4.78, 5) is 2.35. The maximum atomic E-state index is 9.62. The van der Waals surface area contributed by atoms with Crippen LogP contribution < -0.4 is 10.2 Å². The van der Waals surface area contributed by atoms with E-state index >= 15 is 0 Å². The smallest absolute Gasteiger partial charge is 0.0635 e. The molecule has 2 fully saturated rings. The van der Waals surface area contributed by atoms with Gasteiger partial charge in [-0.3, -0.25) is 0 Å². The lowest BCUT2D eigenvalue weighted by atomic mass is 10.00. The first-order valence-corrected chi connectivity index (χ1v) is 8.05. The summed E-state index contributed by atoms with van der Waals surface area (Å²) in [6, 6.07) is 7.04. The lowest BCUT2D eigenvalue weighted by Gasteiger charge is -2.38. The molecule has 110 valence electrons. The standard InChI is InChI=1S/C16H23ClN2O/c17-15-5-3-6-16(14(15)10-18-12-7-8-12)19-9-2-1-4-13(19)11-20/h3,5-6,12-13,18,20H,1-2,4,7-11H2. The molecule has 0 amide bonds. The van der Waals surface area contributed by atoms with Gasteiger partial charge in [0, 0.05) is 35.4 Å². The summed E-state index contributed by atoms with van der Waals surface area (Å²) in [6.07, 6.45) is 6.03. The molecular formula is C16H23ClN2O. The molecule has 3 rings (SSSR count). The van der Waals surface area contributed by atoms with Crippen molar-refractivity contribution in [3.63, 3.8) is 0 Å². The van der Waals surface area contributed by atoms with E-state index in [-0.39, 0.29) is 12.6 Å². The Labute approximate surface area is 125 Å². The summed E-state index contributed by atoms with van der Waals surface area (Å²) in [5, 5.41) is 14.0. The fourth-order valence-corrected chi connectivity index (χ4v) is 3.27. The number of aliphatic hydroxyl groups is 1. The first-order valence-electron chi connectivity index (χ1n) is 7.68. The zero-order valence-electron chi connectivity index (χ0n) is 11.8. The number of hydrogen-bond acceptors (Lipinski definition) is 3. The second-order valence-corrected chi connectivity index (χ2v) is 6.33. The first-order chi connectivity index (χ1) is 9.79. The first kappa shape index (κ1) is 14.2. The normalized spacial score (nSPS) is 23.1. The number of nitrogens with one attached hydrogen (secondary N) is 1. The maximum absolute atomic E-state index is 9.62. The minimum atomic E-state index is 0.224. The van der Waals surface area contributed by atoms with E-state index in [4.69, 9.17) is 11.6 Å². The highest BCUT2D eigenvalue weighted by Gasteiger charge is 2.26. The van der Waals surface area contributed by atoms with E-state index in [1.54, 1.807) is 0 Å². The van der Waals surface area contributed by atoms with Gasteiger partial charge in [0.15, 0.2) is 0 Å². The number of anilines is 1. The van der Waals surface area contributed by atoms with Crippen molar-refractivity contribution in [2.45, 2.75) is 50.7 Å². The van der Waals surface area contributed by atoms with Crippen molar-refractivity contribution in [1.82, 2.24) is 5.32 Å². The third-order valence-corrected chi connectivity index (χ3v) is 4.74. The van der Waals surface area contributed by atoms with Crippen molar-refractivity contribution in [2.24, 2.45) is 0 Å². The van der Waals surface area contributed by atoms with Gasteiger partial charge in [-0.1, -0.05) is 17.7 Å². The number of rotatable bonds is 5. The fraction of sp³-hybridized carbons (Fsp3) is 0.625. The zero-order valence-corrected chi connectivity index (χ0v) is 12.6.